The number of fused-ring (bicyclic) bond motifs is 2. The quantitative estimate of drug-likeness (QED) is 0.623. The average Bonchev–Trinajstić information content (AvgIpc) is 2.58. The van der Waals surface area contributed by atoms with Gasteiger partial charge in [-0.2, -0.15) is 4.57 Å². The molecule has 1 aromatic heterocycles. The molecule has 0 unspecified atom stereocenters. The van der Waals surface area contributed by atoms with Crippen LogP contribution in [0.5, 0.6) is 0 Å². The van der Waals surface area contributed by atoms with E-state index in [9.17, 15) is 14.4 Å². The first-order valence-corrected chi connectivity index (χ1v) is 8.14. The third-order valence-electron chi connectivity index (χ3n) is 4.63. The number of carbonyl (C=O) groups excluding carboxylic acids is 3. The molecule has 0 spiro atoms. The first kappa shape index (κ1) is 14.7. The average molecular weight is 318 g/mol. The van der Waals surface area contributed by atoms with Crippen molar-refractivity contribution in [2.45, 2.75) is 26.3 Å². The summed E-state index contributed by atoms with van der Waals surface area (Å²) < 4.78 is 1.91. The SMILES string of the molecule is CCCC[n+]1c2c3c(cccc3c3c1=CC(=O)C(=O)C=3)C=CC2=O. The van der Waals surface area contributed by atoms with Crippen LogP contribution in [0.1, 0.15) is 35.8 Å². The van der Waals surface area contributed by atoms with Gasteiger partial charge >= 0.3 is 0 Å². The number of nitrogens with zero attached hydrogens (tertiary/aromatic N) is 1. The predicted molar refractivity (Wildman–Crippen MR) is 90.6 cm³/mol. The Morgan fingerprint density at radius 3 is 2.54 bits per heavy atom. The Labute approximate surface area is 138 Å². The van der Waals surface area contributed by atoms with Crippen LogP contribution in [-0.4, -0.2) is 17.3 Å². The zero-order valence-corrected chi connectivity index (χ0v) is 13.3. The number of allylic oxidation sites excluding steroid dienone is 1. The van der Waals surface area contributed by atoms with Crippen molar-refractivity contribution in [2.75, 3.05) is 0 Å². The Hall–Kier alpha value is -2.88. The van der Waals surface area contributed by atoms with Crippen LogP contribution in [0.2, 0.25) is 0 Å². The number of unbranched alkanes of at least 4 members (excludes halogenated alkanes) is 1. The lowest BCUT2D eigenvalue weighted by molar-refractivity contribution is -0.710. The topological polar surface area (TPSA) is 55.1 Å². The van der Waals surface area contributed by atoms with Crippen molar-refractivity contribution in [1.82, 2.24) is 0 Å². The molecule has 2 aromatic rings. The number of rotatable bonds is 3. The molecule has 0 amide bonds. The van der Waals surface area contributed by atoms with E-state index in [1.165, 1.54) is 12.2 Å². The number of benzene rings is 1. The molecule has 0 bridgehead atoms. The minimum absolute atomic E-state index is 0.0599. The zero-order valence-electron chi connectivity index (χ0n) is 13.3. The molecule has 118 valence electrons. The van der Waals surface area contributed by atoms with Crippen LogP contribution in [0, 0.1) is 0 Å². The molecule has 4 nitrogen and oxygen atoms in total. The van der Waals surface area contributed by atoms with E-state index in [0.29, 0.717) is 17.6 Å². The second-order valence-corrected chi connectivity index (χ2v) is 6.14. The van der Waals surface area contributed by atoms with Crippen LogP contribution in [0.15, 0.2) is 24.3 Å². The molecule has 0 aliphatic heterocycles. The number of Topliss-reactive ketones (excluding diaryl/α,β-unsaturated/α-hetero) is 2. The lowest BCUT2D eigenvalue weighted by atomic mass is 9.93. The van der Waals surface area contributed by atoms with Gasteiger partial charge in [0.15, 0.2) is 0 Å². The van der Waals surface area contributed by atoms with E-state index in [1.807, 2.05) is 28.8 Å². The summed E-state index contributed by atoms with van der Waals surface area (Å²) in [6, 6.07) is 5.78. The maximum atomic E-state index is 12.6. The summed E-state index contributed by atoms with van der Waals surface area (Å²) in [6.45, 7) is 2.72. The Morgan fingerprint density at radius 2 is 1.75 bits per heavy atom. The van der Waals surface area contributed by atoms with Crippen molar-refractivity contribution in [1.29, 1.82) is 0 Å². The fourth-order valence-corrected chi connectivity index (χ4v) is 3.49. The molecule has 0 atom stereocenters. The monoisotopic (exact) mass is 318 g/mol. The van der Waals surface area contributed by atoms with Crippen LogP contribution in [-0.2, 0) is 16.1 Å². The molecule has 0 fully saturated rings. The predicted octanol–water partition coefficient (Wildman–Crippen LogP) is 0.850. The van der Waals surface area contributed by atoms with Crippen LogP contribution < -0.4 is 15.1 Å². The Kier molecular flexibility index (Phi) is 3.27. The number of aromatic nitrogens is 1. The van der Waals surface area contributed by atoms with Gasteiger partial charge in [-0.05, 0) is 17.7 Å². The highest BCUT2D eigenvalue weighted by molar-refractivity contribution is 6.57. The van der Waals surface area contributed by atoms with Gasteiger partial charge in [-0.1, -0.05) is 31.5 Å². The highest BCUT2D eigenvalue weighted by atomic mass is 16.2. The summed E-state index contributed by atoms with van der Waals surface area (Å²) in [5.74, 6) is -1.10. The van der Waals surface area contributed by atoms with E-state index < -0.39 is 11.6 Å². The number of hydrogen-bond acceptors (Lipinski definition) is 3. The molecule has 0 saturated carbocycles. The molecular weight excluding hydrogens is 302 g/mol. The fraction of sp³-hybridized carbons (Fsp3) is 0.200. The summed E-state index contributed by atoms with van der Waals surface area (Å²) in [5, 5.41) is 3.11. The van der Waals surface area contributed by atoms with E-state index >= 15 is 0 Å². The minimum atomic E-state index is -0.533. The van der Waals surface area contributed by atoms with Gasteiger partial charge in [0.1, 0.15) is 6.54 Å². The molecule has 24 heavy (non-hydrogen) atoms. The minimum Gasteiger partial charge on any atom is -0.286 e. The van der Waals surface area contributed by atoms with E-state index in [-0.39, 0.29) is 5.78 Å². The van der Waals surface area contributed by atoms with Crippen LogP contribution >= 0.6 is 0 Å². The van der Waals surface area contributed by atoms with Gasteiger partial charge in [-0.25, -0.2) is 0 Å². The number of ketones is 3. The van der Waals surface area contributed by atoms with E-state index in [0.717, 1.165) is 34.4 Å². The molecule has 0 N–H and O–H groups in total. The molecular formula is C20H16NO3+. The van der Waals surface area contributed by atoms with Gasteiger partial charge in [0.05, 0.1) is 16.7 Å². The molecule has 1 heterocycles. The van der Waals surface area contributed by atoms with Crippen molar-refractivity contribution in [2.24, 2.45) is 0 Å². The van der Waals surface area contributed by atoms with Crippen molar-refractivity contribution in [3.8, 4) is 0 Å². The molecule has 0 saturated heterocycles. The van der Waals surface area contributed by atoms with Crippen molar-refractivity contribution in [3.05, 3.63) is 46.1 Å². The summed E-state index contributed by atoms with van der Waals surface area (Å²) in [7, 11) is 0. The van der Waals surface area contributed by atoms with Gasteiger partial charge in [0.2, 0.25) is 22.7 Å². The molecule has 2 aliphatic carbocycles. The van der Waals surface area contributed by atoms with Gasteiger partial charge in [0, 0.05) is 17.9 Å². The maximum Gasteiger partial charge on any atom is 0.262 e. The molecule has 1 aromatic carbocycles. The Morgan fingerprint density at radius 1 is 0.958 bits per heavy atom. The first-order chi connectivity index (χ1) is 11.6. The number of carbonyl (C=O) groups is 3. The van der Waals surface area contributed by atoms with E-state index in [1.54, 1.807) is 6.08 Å². The first-order valence-electron chi connectivity index (χ1n) is 8.14. The fourth-order valence-electron chi connectivity index (χ4n) is 3.49. The lowest BCUT2D eigenvalue weighted by Gasteiger charge is -2.14. The molecule has 0 radical (unpaired) electrons. The number of pyridine rings is 1. The summed E-state index contributed by atoms with van der Waals surface area (Å²) in [5.41, 5.74) is 1.58. The smallest absolute Gasteiger partial charge is 0.262 e. The molecule has 2 aliphatic rings. The van der Waals surface area contributed by atoms with Crippen molar-refractivity contribution >= 4 is 46.4 Å². The van der Waals surface area contributed by atoms with E-state index in [2.05, 4.69) is 6.92 Å². The summed E-state index contributed by atoms with van der Waals surface area (Å²) in [6.07, 6.45) is 8.04. The second kappa shape index (κ2) is 5.34. The highest BCUT2D eigenvalue weighted by Gasteiger charge is 2.30. The van der Waals surface area contributed by atoms with Gasteiger partial charge < -0.3 is 0 Å². The second-order valence-electron chi connectivity index (χ2n) is 6.14. The van der Waals surface area contributed by atoms with Crippen LogP contribution in [0.3, 0.4) is 0 Å². The van der Waals surface area contributed by atoms with Gasteiger partial charge in [0.25, 0.3) is 5.69 Å². The molecule has 4 heteroatoms. The van der Waals surface area contributed by atoms with Crippen molar-refractivity contribution < 1.29 is 19.0 Å². The lowest BCUT2D eigenvalue weighted by Crippen LogP contribution is -2.62. The van der Waals surface area contributed by atoms with E-state index in [4.69, 9.17) is 0 Å². The van der Waals surface area contributed by atoms with Crippen molar-refractivity contribution in [3.63, 3.8) is 0 Å². The van der Waals surface area contributed by atoms with Crippen LogP contribution in [0.25, 0.3) is 29.0 Å². The Balaban J connectivity index is 2.26. The third kappa shape index (κ3) is 1.99. The normalized spacial score (nSPS) is 15.3. The zero-order chi connectivity index (χ0) is 16.8. The Bertz CT molecular complexity index is 1090. The number of hydrogen-bond donors (Lipinski definition) is 0. The molecule has 4 rings (SSSR count). The standard InChI is InChI=1S/C20H16NO3/c1-2-3-9-21-15-11-18(24)17(23)10-14(15)13-6-4-5-12-7-8-16(22)20(21)19(12)13/h4-8,10-11H,2-3,9H2,1H3/q+1. The highest BCUT2D eigenvalue weighted by Crippen LogP contribution is 2.24. The van der Waals surface area contributed by atoms with Crippen LogP contribution in [0.4, 0.5) is 0 Å². The van der Waals surface area contributed by atoms with Gasteiger partial charge in [-0.3, -0.25) is 14.4 Å². The maximum absolute atomic E-state index is 12.6. The summed E-state index contributed by atoms with van der Waals surface area (Å²) >= 11 is 0. The van der Waals surface area contributed by atoms with Gasteiger partial charge in [-0.15, -0.1) is 0 Å². The third-order valence-corrected chi connectivity index (χ3v) is 4.63. The largest absolute Gasteiger partial charge is 0.286 e. The summed E-state index contributed by atoms with van der Waals surface area (Å²) in [4.78, 5) is 36.5.